The zero-order valence-electron chi connectivity index (χ0n) is 5.79. The normalized spacial score (nSPS) is 11.8. The Balaban J connectivity index is 2.95. The summed E-state index contributed by atoms with van der Waals surface area (Å²) in [5, 5.41) is 0.993. The van der Waals surface area contributed by atoms with Crippen molar-refractivity contribution in [3.05, 3.63) is 36.6 Å². The lowest BCUT2D eigenvalue weighted by atomic mass is 10.3. The summed E-state index contributed by atoms with van der Waals surface area (Å²) < 4.78 is 12.4. The Kier molecular flexibility index (Phi) is 0.671. The third-order valence-electron chi connectivity index (χ3n) is 1.28. The van der Waals surface area contributed by atoms with E-state index in [9.17, 15) is 0 Å². The van der Waals surface area contributed by atoms with Gasteiger partial charge in [-0.2, -0.15) is 0 Å². The van der Waals surface area contributed by atoms with Crippen LogP contribution in [0.2, 0.25) is 0 Å². The van der Waals surface area contributed by atoms with Gasteiger partial charge in [-0.15, -0.1) is 0 Å². The van der Waals surface area contributed by atoms with Crippen molar-refractivity contribution in [3.8, 4) is 0 Å². The maximum absolute atomic E-state index is 7.39. The Bertz CT molecular complexity index is 351. The van der Waals surface area contributed by atoms with E-state index in [1.54, 1.807) is 12.3 Å². The van der Waals surface area contributed by atoms with Gasteiger partial charge in [0, 0.05) is 5.39 Å². The fourth-order valence-electron chi connectivity index (χ4n) is 0.843. The lowest BCUT2D eigenvalue weighted by Gasteiger charge is -1.81. The summed E-state index contributed by atoms with van der Waals surface area (Å²) in [6.45, 7) is 0. The molecule has 0 saturated heterocycles. The molecule has 9 heavy (non-hydrogen) atoms. The largest absolute Gasteiger partial charge is 0.464 e. The lowest BCUT2D eigenvalue weighted by Crippen LogP contribution is -1.57. The van der Waals surface area contributed by atoms with Gasteiger partial charge >= 0.3 is 0 Å². The lowest BCUT2D eigenvalue weighted by molar-refractivity contribution is 0.616. The van der Waals surface area contributed by atoms with E-state index in [0.717, 1.165) is 5.39 Å². The average molecular weight is 119 g/mol. The zero-order valence-corrected chi connectivity index (χ0v) is 4.79. The van der Waals surface area contributed by atoms with Crippen molar-refractivity contribution in [2.24, 2.45) is 0 Å². The SMILES string of the molecule is [2H]c1cccc2ccoc12. The molecule has 1 aromatic heterocycles. The molecule has 0 fully saturated rings. The zero-order chi connectivity index (χ0) is 6.97. The summed E-state index contributed by atoms with van der Waals surface area (Å²) in [5.41, 5.74) is 0.669. The molecule has 0 bridgehead atoms. The van der Waals surface area contributed by atoms with Gasteiger partial charge in [-0.3, -0.25) is 0 Å². The van der Waals surface area contributed by atoms with E-state index in [1.807, 2.05) is 18.2 Å². The molecule has 1 aromatic carbocycles. The van der Waals surface area contributed by atoms with Crippen LogP contribution in [0.5, 0.6) is 0 Å². The summed E-state index contributed by atoms with van der Waals surface area (Å²) in [6.07, 6.45) is 1.60. The molecule has 0 radical (unpaired) electrons. The molecule has 0 saturated carbocycles. The summed E-state index contributed by atoms with van der Waals surface area (Å²) >= 11 is 0. The van der Waals surface area contributed by atoms with Crippen molar-refractivity contribution in [2.45, 2.75) is 0 Å². The predicted molar refractivity (Wildman–Crippen MR) is 36.2 cm³/mol. The van der Waals surface area contributed by atoms with Crippen molar-refractivity contribution in [2.75, 3.05) is 0 Å². The first-order valence-corrected chi connectivity index (χ1v) is 2.81. The topological polar surface area (TPSA) is 13.1 Å². The number of hydrogen-bond donors (Lipinski definition) is 0. The second kappa shape index (κ2) is 1.62. The van der Waals surface area contributed by atoms with Crippen molar-refractivity contribution in [1.82, 2.24) is 0 Å². The van der Waals surface area contributed by atoms with E-state index in [2.05, 4.69) is 0 Å². The van der Waals surface area contributed by atoms with E-state index >= 15 is 0 Å². The number of para-hydroxylation sites is 1. The van der Waals surface area contributed by atoms with Crippen molar-refractivity contribution in [3.63, 3.8) is 0 Å². The highest BCUT2D eigenvalue weighted by Gasteiger charge is 1.89. The van der Waals surface area contributed by atoms with Crippen LogP contribution in [0.4, 0.5) is 0 Å². The maximum Gasteiger partial charge on any atom is 0.133 e. The van der Waals surface area contributed by atoms with Crippen LogP contribution in [0.1, 0.15) is 1.37 Å². The predicted octanol–water partition coefficient (Wildman–Crippen LogP) is 2.43. The van der Waals surface area contributed by atoms with Gasteiger partial charge in [0.2, 0.25) is 0 Å². The van der Waals surface area contributed by atoms with Gasteiger partial charge in [-0.1, -0.05) is 18.2 Å². The highest BCUT2D eigenvalue weighted by atomic mass is 16.3. The summed E-state index contributed by atoms with van der Waals surface area (Å²) in [5.74, 6) is 0. The molecule has 1 heterocycles. The standard InChI is InChI=1S/C8H6O/c1-2-4-8-7(3-1)5-6-9-8/h1-6H/i4D. The van der Waals surface area contributed by atoms with Crippen LogP contribution < -0.4 is 0 Å². The highest BCUT2D eigenvalue weighted by Crippen LogP contribution is 2.12. The Morgan fingerprint density at radius 2 is 2.33 bits per heavy atom. The minimum Gasteiger partial charge on any atom is -0.464 e. The third kappa shape index (κ3) is 0.617. The Morgan fingerprint density at radius 1 is 1.33 bits per heavy atom. The van der Waals surface area contributed by atoms with Crippen LogP contribution in [-0.4, -0.2) is 0 Å². The molecule has 0 unspecified atom stereocenters. The van der Waals surface area contributed by atoms with Crippen molar-refractivity contribution >= 4 is 11.0 Å². The number of benzene rings is 1. The van der Waals surface area contributed by atoms with Crippen LogP contribution in [0.3, 0.4) is 0 Å². The molecule has 0 atom stereocenters. The van der Waals surface area contributed by atoms with E-state index in [1.165, 1.54) is 0 Å². The van der Waals surface area contributed by atoms with Crippen LogP contribution in [0.25, 0.3) is 11.0 Å². The van der Waals surface area contributed by atoms with E-state index in [0.29, 0.717) is 11.6 Å². The maximum atomic E-state index is 7.39. The van der Waals surface area contributed by atoms with Crippen molar-refractivity contribution in [1.29, 1.82) is 0 Å². The van der Waals surface area contributed by atoms with E-state index < -0.39 is 0 Å². The fraction of sp³-hybridized carbons (Fsp3) is 0. The second-order valence-electron chi connectivity index (χ2n) is 1.88. The molecule has 2 aromatic rings. The van der Waals surface area contributed by atoms with E-state index in [-0.39, 0.29) is 0 Å². The molecule has 44 valence electrons. The van der Waals surface area contributed by atoms with Crippen LogP contribution in [-0.2, 0) is 0 Å². The van der Waals surface area contributed by atoms with Gasteiger partial charge in [0.15, 0.2) is 0 Å². The molecule has 0 aliphatic rings. The molecule has 0 aliphatic heterocycles. The van der Waals surface area contributed by atoms with Crippen molar-refractivity contribution < 1.29 is 5.79 Å². The number of fused-ring (bicyclic) bond motifs is 1. The first-order chi connectivity index (χ1) is 4.88. The van der Waals surface area contributed by atoms with Gasteiger partial charge in [-0.25, -0.2) is 0 Å². The second-order valence-corrected chi connectivity index (χ2v) is 1.88. The Hall–Kier alpha value is -1.24. The van der Waals surface area contributed by atoms with Gasteiger partial charge in [0.1, 0.15) is 5.58 Å². The quantitative estimate of drug-likeness (QED) is 0.519. The molecule has 1 heteroatoms. The van der Waals surface area contributed by atoms with Gasteiger partial charge in [0.25, 0.3) is 0 Å². The summed E-state index contributed by atoms with van der Waals surface area (Å²) in [7, 11) is 0. The number of rotatable bonds is 0. The Morgan fingerprint density at radius 3 is 3.22 bits per heavy atom. The fourth-order valence-corrected chi connectivity index (χ4v) is 0.843. The first-order valence-electron chi connectivity index (χ1n) is 3.31. The van der Waals surface area contributed by atoms with Gasteiger partial charge < -0.3 is 4.42 Å². The molecular weight excluding hydrogens is 112 g/mol. The highest BCUT2D eigenvalue weighted by molar-refractivity contribution is 5.76. The van der Waals surface area contributed by atoms with Gasteiger partial charge in [-0.05, 0) is 12.1 Å². The molecule has 2 rings (SSSR count). The Labute approximate surface area is 54.3 Å². The average Bonchev–Trinajstić information content (AvgIpc) is 2.36. The molecular formula is C8H6O. The van der Waals surface area contributed by atoms with Crippen LogP contribution >= 0.6 is 0 Å². The smallest absolute Gasteiger partial charge is 0.133 e. The number of hydrogen-bond acceptors (Lipinski definition) is 1. The summed E-state index contributed by atoms with van der Waals surface area (Å²) in [6, 6.07) is 7.79. The third-order valence-corrected chi connectivity index (χ3v) is 1.28. The van der Waals surface area contributed by atoms with Crippen LogP contribution in [0, 0.1) is 0 Å². The molecule has 1 nitrogen and oxygen atoms in total. The summed E-state index contributed by atoms with van der Waals surface area (Å²) in [4.78, 5) is 0. The molecule has 0 aliphatic carbocycles. The molecule has 0 N–H and O–H groups in total. The van der Waals surface area contributed by atoms with Crippen LogP contribution in [0.15, 0.2) is 41.0 Å². The molecule has 0 amide bonds. The minimum absolute atomic E-state index is 0.447. The first kappa shape index (κ1) is 3.72. The van der Waals surface area contributed by atoms with E-state index in [4.69, 9.17) is 5.79 Å². The van der Waals surface area contributed by atoms with Gasteiger partial charge in [0.05, 0.1) is 7.63 Å². The monoisotopic (exact) mass is 119 g/mol. The molecule has 0 spiro atoms. The number of furan rings is 1. The minimum atomic E-state index is 0.447.